The van der Waals surface area contributed by atoms with Crippen LogP contribution in [0.2, 0.25) is 0 Å². The zero-order chi connectivity index (χ0) is 23.0. The van der Waals surface area contributed by atoms with Gasteiger partial charge in [0.05, 0.1) is 16.8 Å². The molecule has 1 saturated heterocycles. The number of rotatable bonds is 3. The van der Waals surface area contributed by atoms with Crippen LogP contribution in [0.4, 0.5) is 5.69 Å². The summed E-state index contributed by atoms with van der Waals surface area (Å²) in [6.07, 6.45) is 14.5. The Morgan fingerprint density at radius 2 is 1.91 bits per heavy atom. The second kappa shape index (κ2) is 7.24. The summed E-state index contributed by atoms with van der Waals surface area (Å²) in [5.41, 5.74) is 5.75. The number of ketones is 1. The van der Waals surface area contributed by atoms with E-state index in [0.29, 0.717) is 12.0 Å². The molecule has 0 unspecified atom stereocenters. The summed E-state index contributed by atoms with van der Waals surface area (Å²) in [5, 5.41) is 5.15. The molecule has 0 spiro atoms. The van der Waals surface area contributed by atoms with Gasteiger partial charge in [0, 0.05) is 64.7 Å². The van der Waals surface area contributed by atoms with Crippen molar-refractivity contribution in [1.82, 2.24) is 14.8 Å². The van der Waals surface area contributed by atoms with Crippen molar-refractivity contribution in [3.63, 3.8) is 0 Å². The van der Waals surface area contributed by atoms with Crippen molar-refractivity contribution in [2.75, 3.05) is 26.7 Å². The maximum atomic E-state index is 13.4. The number of nitrogens with one attached hydrogen (secondary N) is 1. The van der Waals surface area contributed by atoms with Crippen molar-refractivity contribution in [1.29, 1.82) is 0 Å². The second-order valence-corrected chi connectivity index (χ2v) is 9.90. The maximum absolute atomic E-state index is 13.4. The Morgan fingerprint density at radius 3 is 2.76 bits per heavy atom. The molecule has 4 aliphatic rings. The van der Waals surface area contributed by atoms with Crippen molar-refractivity contribution in [2.45, 2.75) is 32.1 Å². The fourth-order valence-corrected chi connectivity index (χ4v) is 6.21. The van der Waals surface area contributed by atoms with Gasteiger partial charge < -0.3 is 14.8 Å². The normalized spacial score (nSPS) is 19.0. The number of fused-ring (bicyclic) bond motifs is 10. The number of likely N-dealkylation sites (tertiary alicyclic amines) is 1. The zero-order valence-corrected chi connectivity index (χ0v) is 19.3. The van der Waals surface area contributed by atoms with Crippen LogP contribution < -0.4 is 10.4 Å². The van der Waals surface area contributed by atoms with Gasteiger partial charge >= 0.3 is 0 Å². The summed E-state index contributed by atoms with van der Waals surface area (Å²) in [6.45, 7) is 3.36. The molecule has 1 amide bonds. The van der Waals surface area contributed by atoms with Crippen LogP contribution in [-0.2, 0) is 17.6 Å². The van der Waals surface area contributed by atoms with E-state index in [-0.39, 0.29) is 11.7 Å². The molecular formula is C28H26N4O2. The number of amides is 1. The third-order valence-electron chi connectivity index (χ3n) is 7.83. The van der Waals surface area contributed by atoms with Crippen LogP contribution in [0.3, 0.4) is 0 Å². The molecule has 1 N–H and O–H groups in total. The number of hydrogen-bond acceptors (Lipinski definition) is 4. The topological polar surface area (TPSA) is 68.8 Å². The van der Waals surface area contributed by atoms with Crippen LogP contribution in [0.5, 0.6) is 0 Å². The van der Waals surface area contributed by atoms with Crippen molar-refractivity contribution < 1.29 is 9.59 Å². The molecule has 2 aromatic carbocycles. The highest BCUT2D eigenvalue weighted by Gasteiger charge is 2.31. The van der Waals surface area contributed by atoms with Crippen molar-refractivity contribution >= 4 is 63.6 Å². The van der Waals surface area contributed by atoms with Gasteiger partial charge in [0.15, 0.2) is 5.78 Å². The summed E-state index contributed by atoms with van der Waals surface area (Å²) < 4.78 is 0. The Morgan fingerprint density at radius 1 is 1.06 bits per heavy atom. The lowest BCUT2D eigenvalue weighted by Gasteiger charge is -2.26. The molecule has 1 aliphatic carbocycles. The largest absolute Gasteiger partial charge is 0.354 e. The zero-order valence-electron chi connectivity index (χ0n) is 19.3. The summed E-state index contributed by atoms with van der Waals surface area (Å²) in [7, 11) is 1.81. The maximum Gasteiger partial charge on any atom is 0.258 e. The smallest absolute Gasteiger partial charge is 0.258 e. The Balaban J connectivity index is 1.57. The van der Waals surface area contributed by atoms with Gasteiger partial charge in [-0.2, -0.15) is 0 Å². The minimum atomic E-state index is -0.0240. The molecule has 0 saturated carbocycles. The first-order valence-electron chi connectivity index (χ1n) is 12.2. The molecule has 34 heavy (non-hydrogen) atoms. The van der Waals surface area contributed by atoms with Gasteiger partial charge in [-0.1, -0.05) is 6.42 Å². The third kappa shape index (κ3) is 2.75. The molecule has 6 nitrogen and oxygen atoms in total. The number of aromatic amines is 1. The van der Waals surface area contributed by atoms with Crippen molar-refractivity contribution in [3.05, 3.63) is 45.0 Å². The minimum absolute atomic E-state index is 0.0240. The number of hydrogen-bond donors (Lipinski definition) is 1. The number of carbonyl (C=O) groups excluding carboxylic acids is 2. The second-order valence-electron chi connectivity index (χ2n) is 9.90. The molecule has 1 fully saturated rings. The van der Waals surface area contributed by atoms with E-state index >= 15 is 0 Å². The van der Waals surface area contributed by atoms with E-state index < -0.39 is 0 Å². The van der Waals surface area contributed by atoms with Crippen LogP contribution in [0.15, 0.2) is 17.1 Å². The number of benzene rings is 2. The molecule has 1 aromatic heterocycles. The van der Waals surface area contributed by atoms with Gasteiger partial charge in [-0.3, -0.25) is 14.6 Å². The summed E-state index contributed by atoms with van der Waals surface area (Å²) >= 11 is 0. The predicted octanol–water partition coefficient (Wildman–Crippen LogP) is 2.81. The van der Waals surface area contributed by atoms with Crippen LogP contribution >= 0.6 is 0 Å². The molecule has 3 aromatic rings. The fourth-order valence-electron chi connectivity index (χ4n) is 6.21. The van der Waals surface area contributed by atoms with E-state index in [1.807, 2.05) is 18.5 Å². The lowest BCUT2D eigenvalue weighted by atomic mass is 9.90. The lowest BCUT2D eigenvalue weighted by Crippen LogP contribution is -2.31. The Kier molecular flexibility index (Phi) is 4.24. The van der Waals surface area contributed by atoms with E-state index in [9.17, 15) is 9.59 Å². The van der Waals surface area contributed by atoms with Crippen LogP contribution in [0.25, 0.3) is 40.0 Å². The van der Waals surface area contributed by atoms with Crippen LogP contribution in [0, 0.1) is 0 Å². The Bertz CT molecular complexity index is 1620. The molecule has 4 heterocycles. The summed E-state index contributed by atoms with van der Waals surface area (Å²) in [6, 6.07) is 2.28. The van der Waals surface area contributed by atoms with E-state index in [1.54, 1.807) is 18.0 Å². The number of aliphatic imine (C=N–C) groups is 1. The van der Waals surface area contributed by atoms with Crippen molar-refractivity contribution in [2.24, 2.45) is 4.99 Å². The molecule has 6 heteroatoms. The van der Waals surface area contributed by atoms with Gasteiger partial charge in [0.2, 0.25) is 0 Å². The average Bonchev–Trinajstić information content (AvgIpc) is 3.54. The predicted molar refractivity (Wildman–Crippen MR) is 136 cm³/mol. The average molecular weight is 451 g/mol. The summed E-state index contributed by atoms with van der Waals surface area (Å²) in [4.78, 5) is 38.3. The number of carbonyl (C=O) groups is 2. The number of H-pyrrole nitrogens is 1. The molecule has 0 bridgehead atoms. The number of piperidine rings is 1. The lowest BCUT2D eigenvalue weighted by molar-refractivity contribution is -0.114. The first kappa shape index (κ1) is 19.9. The molecular weight excluding hydrogens is 424 g/mol. The highest BCUT2D eigenvalue weighted by molar-refractivity contribution is 6.24. The Hall–Kier alpha value is -3.51. The fraction of sp³-hybridized carbons (Fsp3) is 0.321. The molecule has 3 aliphatic heterocycles. The number of aromatic nitrogens is 1. The number of allylic oxidation sites excluding steroid dienone is 1. The molecule has 0 atom stereocenters. The minimum Gasteiger partial charge on any atom is -0.354 e. The standard InChI is InChI=1S/C28H26N4O2/c1-31-15-20-24-22(27-23(25(20)28(31)34)19-14-18(33)5-6-21(19)30-27)16(13-17-7-9-29-26(17)24)8-12-32-10-3-2-4-11-32/h5-7,9,13,15,30H,2-4,8,10-12,14H2,1H3. The number of nitrogens with zero attached hydrogens (tertiary/aromatic N) is 3. The van der Waals surface area contributed by atoms with Gasteiger partial charge in [0.1, 0.15) is 0 Å². The van der Waals surface area contributed by atoms with E-state index in [1.165, 1.54) is 37.9 Å². The monoisotopic (exact) mass is 450 g/mol. The molecule has 7 rings (SSSR count). The van der Waals surface area contributed by atoms with Gasteiger partial charge in [-0.05, 0) is 67.8 Å². The molecule has 170 valence electrons. The van der Waals surface area contributed by atoms with Gasteiger partial charge in [0.25, 0.3) is 5.91 Å². The third-order valence-corrected chi connectivity index (χ3v) is 7.83. The first-order chi connectivity index (χ1) is 16.6. The van der Waals surface area contributed by atoms with Crippen molar-refractivity contribution in [3.8, 4) is 0 Å². The Labute approximate surface area is 196 Å². The first-order valence-corrected chi connectivity index (χ1v) is 12.2. The highest BCUT2D eigenvalue weighted by atomic mass is 16.2. The van der Waals surface area contributed by atoms with Gasteiger partial charge in [-0.25, -0.2) is 0 Å². The van der Waals surface area contributed by atoms with Crippen LogP contribution in [-0.4, -0.2) is 59.4 Å². The molecule has 0 radical (unpaired) electrons. The van der Waals surface area contributed by atoms with Crippen LogP contribution in [0.1, 0.15) is 46.4 Å². The SMILES string of the molecule is CN1C=c2c(c3c4c([nH]c3c3c(CCN5CCCCC5)cc5c(c23)N=CC=5)C=CC(=O)C4)C1=O. The summed E-state index contributed by atoms with van der Waals surface area (Å²) in [5.74, 6) is 0.0487. The van der Waals surface area contributed by atoms with E-state index in [0.717, 1.165) is 62.0 Å². The quantitative estimate of drug-likeness (QED) is 0.667. The van der Waals surface area contributed by atoms with E-state index in [2.05, 4.69) is 22.0 Å². The van der Waals surface area contributed by atoms with Gasteiger partial charge in [-0.15, -0.1) is 0 Å². The highest BCUT2D eigenvalue weighted by Crippen LogP contribution is 2.38. The van der Waals surface area contributed by atoms with E-state index in [4.69, 9.17) is 4.99 Å².